The zero-order valence-electron chi connectivity index (χ0n) is 16.7. The second kappa shape index (κ2) is 8.93. The molecule has 1 aliphatic rings. The van der Waals surface area contributed by atoms with Gasteiger partial charge >= 0.3 is 0 Å². The number of carbonyl (C=O) groups is 2. The van der Waals surface area contributed by atoms with Gasteiger partial charge in [-0.15, -0.1) is 0 Å². The van der Waals surface area contributed by atoms with Gasteiger partial charge in [0.2, 0.25) is 11.8 Å². The fraction of sp³-hybridized carbons (Fsp3) is 0.429. The topological polar surface area (TPSA) is 78.4 Å². The number of hydrogen-bond donors (Lipinski definition) is 1. The van der Waals surface area contributed by atoms with E-state index in [1.165, 1.54) is 5.57 Å². The Bertz CT molecular complexity index is 891. The number of allylic oxidation sites excluding steroid dienone is 1. The normalized spacial score (nSPS) is 17.2. The molecule has 148 valence electrons. The number of carbonyl (C=O) groups excluding carboxylic acids is 2. The van der Waals surface area contributed by atoms with Crippen molar-refractivity contribution in [1.82, 2.24) is 25.1 Å². The van der Waals surface area contributed by atoms with Gasteiger partial charge in [-0.1, -0.05) is 23.8 Å². The Morgan fingerprint density at radius 1 is 1.32 bits per heavy atom. The first kappa shape index (κ1) is 19.9. The lowest BCUT2D eigenvalue weighted by Gasteiger charge is -2.34. The van der Waals surface area contributed by atoms with Crippen LogP contribution in [0.15, 0.2) is 42.1 Å². The minimum atomic E-state index is -0.443. The smallest absolute Gasteiger partial charge is 0.237 e. The number of aromatic nitrogens is 2. The Morgan fingerprint density at radius 3 is 2.82 bits per heavy atom. The van der Waals surface area contributed by atoms with Gasteiger partial charge in [-0.2, -0.15) is 0 Å². The molecule has 0 radical (unpaired) electrons. The predicted molar refractivity (Wildman–Crippen MR) is 108 cm³/mol. The van der Waals surface area contributed by atoms with Gasteiger partial charge in [-0.25, -0.2) is 4.98 Å². The van der Waals surface area contributed by atoms with Crippen molar-refractivity contribution in [2.75, 3.05) is 26.7 Å². The number of piperazine rings is 1. The van der Waals surface area contributed by atoms with Crippen LogP contribution >= 0.6 is 0 Å². The van der Waals surface area contributed by atoms with Gasteiger partial charge in [0.15, 0.2) is 0 Å². The Labute approximate surface area is 165 Å². The first-order valence-corrected chi connectivity index (χ1v) is 9.54. The SMILES string of the molecule is CC(C)=CCN1CCNC(=O)[C@H]1CC(=O)N(C)Cc1cnc2ccccc2n1. The molecule has 0 spiro atoms. The second-order valence-electron chi connectivity index (χ2n) is 7.39. The largest absolute Gasteiger partial charge is 0.353 e. The molecule has 1 atom stereocenters. The molecule has 1 saturated heterocycles. The third kappa shape index (κ3) is 4.92. The summed E-state index contributed by atoms with van der Waals surface area (Å²) in [5.74, 6) is -0.167. The maximum absolute atomic E-state index is 12.8. The summed E-state index contributed by atoms with van der Waals surface area (Å²) >= 11 is 0. The van der Waals surface area contributed by atoms with Crippen molar-refractivity contribution in [1.29, 1.82) is 0 Å². The van der Waals surface area contributed by atoms with Crippen molar-refractivity contribution in [2.45, 2.75) is 32.9 Å². The van der Waals surface area contributed by atoms with Gasteiger partial charge in [0.1, 0.15) is 0 Å². The van der Waals surface area contributed by atoms with E-state index in [0.717, 1.165) is 23.3 Å². The highest BCUT2D eigenvalue weighted by Crippen LogP contribution is 2.13. The summed E-state index contributed by atoms with van der Waals surface area (Å²) in [7, 11) is 1.74. The summed E-state index contributed by atoms with van der Waals surface area (Å²) in [4.78, 5) is 37.7. The lowest BCUT2D eigenvalue weighted by atomic mass is 10.1. The first-order chi connectivity index (χ1) is 13.4. The molecule has 1 aromatic heterocycles. The van der Waals surface area contributed by atoms with Crippen LogP contribution in [0, 0.1) is 0 Å². The molecule has 28 heavy (non-hydrogen) atoms. The van der Waals surface area contributed by atoms with E-state index in [9.17, 15) is 9.59 Å². The summed E-state index contributed by atoms with van der Waals surface area (Å²) in [6, 6.07) is 7.20. The van der Waals surface area contributed by atoms with E-state index in [2.05, 4.69) is 26.3 Å². The van der Waals surface area contributed by atoms with Gasteiger partial charge in [0.05, 0.1) is 41.9 Å². The van der Waals surface area contributed by atoms with Crippen LogP contribution in [0.1, 0.15) is 26.0 Å². The number of amides is 2. The highest BCUT2D eigenvalue weighted by atomic mass is 16.2. The molecule has 3 rings (SSSR count). The van der Waals surface area contributed by atoms with Crippen LogP contribution in [0.3, 0.4) is 0 Å². The van der Waals surface area contributed by atoms with Crippen LogP contribution in [0.25, 0.3) is 11.0 Å². The molecule has 2 amide bonds. The summed E-state index contributed by atoms with van der Waals surface area (Å²) in [5, 5.41) is 2.87. The van der Waals surface area contributed by atoms with E-state index in [1.54, 1.807) is 18.1 Å². The fourth-order valence-corrected chi connectivity index (χ4v) is 3.23. The average molecular weight is 381 g/mol. The molecule has 7 nitrogen and oxygen atoms in total. The zero-order valence-corrected chi connectivity index (χ0v) is 16.7. The van der Waals surface area contributed by atoms with Gasteiger partial charge in [0, 0.05) is 26.7 Å². The predicted octanol–water partition coefficient (Wildman–Crippen LogP) is 1.74. The molecule has 1 aliphatic heterocycles. The van der Waals surface area contributed by atoms with Crippen molar-refractivity contribution in [3.05, 3.63) is 47.8 Å². The van der Waals surface area contributed by atoms with Crippen molar-refractivity contribution < 1.29 is 9.59 Å². The van der Waals surface area contributed by atoms with Crippen LogP contribution in [0.2, 0.25) is 0 Å². The molecule has 1 fully saturated rings. The van der Waals surface area contributed by atoms with Crippen molar-refractivity contribution in [3.63, 3.8) is 0 Å². The number of rotatable bonds is 6. The van der Waals surface area contributed by atoms with E-state index in [0.29, 0.717) is 19.6 Å². The molecule has 2 heterocycles. The van der Waals surface area contributed by atoms with E-state index < -0.39 is 6.04 Å². The number of nitrogens with zero attached hydrogens (tertiary/aromatic N) is 4. The molecule has 2 aromatic rings. The lowest BCUT2D eigenvalue weighted by molar-refractivity contribution is -0.138. The number of benzene rings is 1. The van der Waals surface area contributed by atoms with E-state index in [-0.39, 0.29) is 18.2 Å². The van der Waals surface area contributed by atoms with Crippen LogP contribution in [-0.2, 0) is 16.1 Å². The van der Waals surface area contributed by atoms with Crippen LogP contribution < -0.4 is 5.32 Å². The Hall–Kier alpha value is -2.80. The third-order valence-corrected chi connectivity index (χ3v) is 4.87. The molecule has 0 unspecified atom stereocenters. The molecule has 1 aromatic carbocycles. The molecule has 0 saturated carbocycles. The lowest BCUT2D eigenvalue weighted by Crippen LogP contribution is -2.56. The third-order valence-electron chi connectivity index (χ3n) is 4.87. The Kier molecular flexibility index (Phi) is 6.36. The Balaban J connectivity index is 1.65. The number of para-hydroxylation sites is 2. The maximum Gasteiger partial charge on any atom is 0.237 e. The van der Waals surface area contributed by atoms with Gasteiger partial charge in [-0.05, 0) is 26.0 Å². The molecule has 0 aliphatic carbocycles. The summed E-state index contributed by atoms with van der Waals surface area (Å²) in [6.07, 6.45) is 3.94. The van der Waals surface area contributed by atoms with Gasteiger partial charge < -0.3 is 10.2 Å². The monoisotopic (exact) mass is 381 g/mol. The standard InChI is InChI=1S/C21H27N5O2/c1-15(2)8-10-26-11-9-22-21(28)19(26)12-20(27)25(3)14-16-13-23-17-6-4-5-7-18(17)24-16/h4-8,13,19H,9-12,14H2,1-3H3,(H,22,28)/t19-/m1/s1. The maximum atomic E-state index is 12.8. The van der Waals surface area contributed by atoms with E-state index in [4.69, 9.17) is 0 Å². The van der Waals surface area contributed by atoms with Crippen molar-refractivity contribution in [2.24, 2.45) is 0 Å². The second-order valence-corrected chi connectivity index (χ2v) is 7.39. The van der Waals surface area contributed by atoms with Crippen molar-refractivity contribution >= 4 is 22.8 Å². The molecule has 1 N–H and O–H groups in total. The molecular weight excluding hydrogens is 354 g/mol. The van der Waals surface area contributed by atoms with Crippen LogP contribution in [-0.4, -0.2) is 64.3 Å². The summed E-state index contributed by atoms with van der Waals surface area (Å²) in [5.41, 5.74) is 3.56. The fourth-order valence-electron chi connectivity index (χ4n) is 3.23. The van der Waals surface area contributed by atoms with E-state index in [1.807, 2.05) is 38.1 Å². The summed E-state index contributed by atoms with van der Waals surface area (Å²) in [6.45, 7) is 6.45. The van der Waals surface area contributed by atoms with Gasteiger partial charge in [-0.3, -0.25) is 19.5 Å². The number of nitrogens with one attached hydrogen (secondary N) is 1. The number of fused-ring (bicyclic) bond motifs is 1. The van der Waals surface area contributed by atoms with Crippen LogP contribution in [0.5, 0.6) is 0 Å². The zero-order chi connectivity index (χ0) is 20.1. The van der Waals surface area contributed by atoms with Crippen LogP contribution in [0.4, 0.5) is 0 Å². The minimum Gasteiger partial charge on any atom is -0.353 e. The van der Waals surface area contributed by atoms with E-state index >= 15 is 0 Å². The molecule has 7 heteroatoms. The quantitative estimate of drug-likeness (QED) is 0.771. The highest BCUT2D eigenvalue weighted by Gasteiger charge is 2.31. The average Bonchev–Trinajstić information content (AvgIpc) is 2.68. The molecular formula is C21H27N5O2. The van der Waals surface area contributed by atoms with Gasteiger partial charge in [0.25, 0.3) is 0 Å². The Morgan fingerprint density at radius 2 is 2.07 bits per heavy atom. The minimum absolute atomic E-state index is 0.0827. The summed E-state index contributed by atoms with van der Waals surface area (Å²) < 4.78 is 0. The number of hydrogen-bond acceptors (Lipinski definition) is 5. The molecule has 0 bridgehead atoms. The highest BCUT2D eigenvalue weighted by molar-refractivity contribution is 5.88. The van der Waals surface area contributed by atoms with Crippen molar-refractivity contribution in [3.8, 4) is 0 Å². The first-order valence-electron chi connectivity index (χ1n) is 9.54.